The fourth-order valence-corrected chi connectivity index (χ4v) is 3.07. The highest BCUT2D eigenvalue weighted by molar-refractivity contribution is 7.71. The van der Waals surface area contributed by atoms with Gasteiger partial charge < -0.3 is 4.42 Å². The van der Waals surface area contributed by atoms with Gasteiger partial charge in [0, 0.05) is 17.3 Å². The smallest absolute Gasteiger partial charge is 0.155 e. The Hall–Kier alpha value is -1.88. The number of hydrogen-bond acceptors (Lipinski definition) is 3. The first-order valence-corrected chi connectivity index (χ1v) is 6.91. The summed E-state index contributed by atoms with van der Waals surface area (Å²) in [6.07, 6.45) is 6.16. The van der Waals surface area contributed by atoms with Crippen molar-refractivity contribution in [2.45, 2.75) is 25.7 Å². The molecule has 4 nitrogen and oxygen atoms in total. The summed E-state index contributed by atoms with van der Waals surface area (Å²) in [4.78, 5) is 4.73. The van der Waals surface area contributed by atoms with E-state index in [4.69, 9.17) is 21.6 Å². The van der Waals surface area contributed by atoms with Gasteiger partial charge in [0.15, 0.2) is 11.4 Å². The Bertz CT molecular complexity index is 798. The van der Waals surface area contributed by atoms with E-state index in [0.29, 0.717) is 0 Å². The van der Waals surface area contributed by atoms with E-state index in [1.54, 1.807) is 6.26 Å². The third-order valence-electron chi connectivity index (χ3n) is 3.67. The van der Waals surface area contributed by atoms with Crippen molar-refractivity contribution in [2.24, 2.45) is 0 Å². The van der Waals surface area contributed by atoms with E-state index in [9.17, 15) is 0 Å². The van der Waals surface area contributed by atoms with Crippen LogP contribution in [0.5, 0.6) is 0 Å². The van der Waals surface area contributed by atoms with E-state index in [2.05, 4.69) is 5.10 Å². The van der Waals surface area contributed by atoms with Crippen molar-refractivity contribution in [2.75, 3.05) is 0 Å². The van der Waals surface area contributed by atoms with Crippen LogP contribution in [-0.2, 0) is 12.8 Å². The van der Waals surface area contributed by atoms with Crippen LogP contribution in [0.2, 0.25) is 0 Å². The molecule has 0 aliphatic heterocycles. The summed E-state index contributed by atoms with van der Waals surface area (Å²) < 4.78 is 8.15. The van der Waals surface area contributed by atoms with Crippen molar-refractivity contribution < 1.29 is 4.42 Å². The van der Waals surface area contributed by atoms with Gasteiger partial charge in [-0.1, -0.05) is 12.2 Å². The zero-order chi connectivity index (χ0) is 12.8. The fraction of sp³-hybridized carbons (Fsp3) is 0.286. The van der Waals surface area contributed by atoms with E-state index in [1.165, 1.54) is 24.1 Å². The summed E-state index contributed by atoms with van der Waals surface area (Å²) in [5.74, 6) is 0.804. The van der Waals surface area contributed by atoms with Gasteiger partial charge in [-0.05, 0) is 37.8 Å². The molecule has 0 bridgehead atoms. The molecule has 0 saturated carbocycles. The highest BCUT2D eigenvalue weighted by atomic mass is 32.1. The van der Waals surface area contributed by atoms with Gasteiger partial charge in [0.1, 0.15) is 10.3 Å². The predicted molar refractivity (Wildman–Crippen MR) is 74.7 cm³/mol. The molecule has 0 aromatic carbocycles. The molecule has 3 heterocycles. The number of nitrogens with one attached hydrogen (secondary N) is 1. The van der Waals surface area contributed by atoms with Crippen LogP contribution in [0.3, 0.4) is 0 Å². The third-order valence-corrected chi connectivity index (χ3v) is 4.10. The molecule has 0 atom stereocenters. The number of nitrogens with zero attached hydrogens (tertiary/aromatic N) is 2. The van der Waals surface area contributed by atoms with Crippen molar-refractivity contribution in [3.63, 3.8) is 0 Å². The van der Waals surface area contributed by atoms with Crippen LogP contribution < -0.4 is 0 Å². The second-order valence-electron chi connectivity index (χ2n) is 4.89. The van der Waals surface area contributed by atoms with Gasteiger partial charge in [0.05, 0.1) is 6.26 Å². The summed E-state index contributed by atoms with van der Waals surface area (Å²) in [6.45, 7) is 0. The lowest BCUT2D eigenvalue weighted by molar-refractivity contribution is 0.579. The molecule has 4 rings (SSSR count). The Morgan fingerprint density at radius 3 is 3.05 bits per heavy atom. The normalized spacial score (nSPS) is 14.7. The minimum Gasteiger partial charge on any atom is -0.463 e. The summed E-state index contributed by atoms with van der Waals surface area (Å²) in [5, 5.41) is 3.27. The number of rotatable bonds is 1. The van der Waals surface area contributed by atoms with Crippen LogP contribution in [0.25, 0.3) is 17.1 Å². The van der Waals surface area contributed by atoms with Crippen molar-refractivity contribution in [3.05, 3.63) is 40.4 Å². The van der Waals surface area contributed by atoms with Gasteiger partial charge in [0.2, 0.25) is 0 Å². The molecule has 0 fully saturated rings. The van der Waals surface area contributed by atoms with E-state index in [0.717, 1.165) is 34.6 Å². The molecule has 0 radical (unpaired) electrons. The molecule has 0 amide bonds. The van der Waals surface area contributed by atoms with Gasteiger partial charge >= 0.3 is 0 Å². The second kappa shape index (κ2) is 4.06. The molecular formula is C14H13N3OS. The van der Waals surface area contributed by atoms with Crippen molar-refractivity contribution in [1.82, 2.24) is 14.6 Å². The third kappa shape index (κ3) is 1.65. The van der Waals surface area contributed by atoms with E-state index in [-0.39, 0.29) is 0 Å². The quantitative estimate of drug-likeness (QED) is 0.689. The van der Waals surface area contributed by atoms with Gasteiger partial charge in [0.25, 0.3) is 0 Å². The van der Waals surface area contributed by atoms with E-state index >= 15 is 0 Å². The lowest BCUT2D eigenvalue weighted by atomic mass is 9.97. The first-order valence-electron chi connectivity index (χ1n) is 6.50. The summed E-state index contributed by atoms with van der Waals surface area (Å²) in [7, 11) is 0. The number of H-pyrrole nitrogens is 1. The molecule has 0 unspecified atom stereocenters. The molecule has 3 aromatic rings. The fourth-order valence-electron chi connectivity index (χ4n) is 2.72. The average molecular weight is 271 g/mol. The molecule has 1 aliphatic carbocycles. The predicted octanol–water partition coefficient (Wildman–Crippen LogP) is 3.53. The number of aromatic amines is 1. The number of hydrogen-bond donors (Lipinski definition) is 1. The van der Waals surface area contributed by atoms with Gasteiger partial charge in [-0.15, -0.1) is 0 Å². The SMILES string of the molecule is S=c1c2c(nc3cc(-c4ccco4)[nH]n13)CCCC2. The summed E-state index contributed by atoms with van der Waals surface area (Å²) >= 11 is 5.58. The lowest BCUT2D eigenvalue weighted by Gasteiger charge is -2.14. The number of aromatic nitrogens is 3. The van der Waals surface area contributed by atoms with Crippen LogP contribution in [0.1, 0.15) is 24.1 Å². The summed E-state index contributed by atoms with van der Waals surface area (Å²) in [5.41, 5.74) is 4.18. The molecule has 3 aromatic heterocycles. The maximum Gasteiger partial charge on any atom is 0.155 e. The number of furan rings is 1. The largest absolute Gasteiger partial charge is 0.463 e. The molecule has 0 saturated heterocycles. The minimum absolute atomic E-state index is 0.804. The Morgan fingerprint density at radius 1 is 1.32 bits per heavy atom. The Morgan fingerprint density at radius 2 is 2.21 bits per heavy atom. The molecule has 1 N–H and O–H groups in total. The lowest BCUT2D eigenvalue weighted by Crippen LogP contribution is -2.09. The van der Waals surface area contributed by atoms with E-state index in [1.807, 2.05) is 22.7 Å². The van der Waals surface area contributed by atoms with Crippen molar-refractivity contribution in [3.8, 4) is 11.5 Å². The maximum absolute atomic E-state index is 5.58. The van der Waals surface area contributed by atoms with Crippen molar-refractivity contribution >= 4 is 17.9 Å². The maximum atomic E-state index is 5.58. The highest BCUT2D eigenvalue weighted by Crippen LogP contribution is 2.24. The molecule has 1 aliphatic rings. The van der Waals surface area contributed by atoms with Crippen molar-refractivity contribution in [1.29, 1.82) is 0 Å². The Kier molecular flexibility index (Phi) is 2.35. The van der Waals surface area contributed by atoms with Crippen LogP contribution >= 0.6 is 12.2 Å². The van der Waals surface area contributed by atoms with E-state index < -0.39 is 0 Å². The van der Waals surface area contributed by atoms with Crippen LogP contribution in [0, 0.1) is 4.64 Å². The minimum atomic E-state index is 0.804. The number of fused-ring (bicyclic) bond motifs is 2. The summed E-state index contributed by atoms with van der Waals surface area (Å²) in [6, 6.07) is 5.79. The Labute approximate surface area is 115 Å². The first kappa shape index (κ1) is 11.0. The molecule has 0 spiro atoms. The topological polar surface area (TPSA) is 46.2 Å². The highest BCUT2D eigenvalue weighted by Gasteiger charge is 2.16. The molecule has 96 valence electrons. The Balaban J connectivity index is 1.99. The second-order valence-corrected chi connectivity index (χ2v) is 5.28. The van der Waals surface area contributed by atoms with Crippen LogP contribution in [0.15, 0.2) is 28.9 Å². The molecular weight excluding hydrogens is 258 g/mol. The van der Waals surface area contributed by atoms with Gasteiger partial charge in [-0.3, -0.25) is 5.10 Å². The standard InChI is InChI=1S/C14H13N3OS/c19-14-9-4-1-2-5-10(9)15-13-8-11(16-17(13)14)12-6-3-7-18-12/h3,6-8,16H,1-2,4-5H2. The van der Waals surface area contributed by atoms with Crippen LogP contribution in [-0.4, -0.2) is 14.6 Å². The molecule has 19 heavy (non-hydrogen) atoms. The zero-order valence-electron chi connectivity index (χ0n) is 10.3. The average Bonchev–Trinajstić information content (AvgIpc) is 3.07. The number of aryl methyl sites for hydroxylation is 1. The zero-order valence-corrected chi connectivity index (χ0v) is 11.2. The van der Waals surface area contributed by atoms with Gasteiger partial charge in [-0.25, -0.2) is 9.50 Å². The first-order chi connectivity index (χ1) is 9.33. The monoisotopic (exact) mass is 271 g/mol. The van der Waals surface area contributed by atoms with Crippen LogP contribution in [0.4, 0.5) is 0 Å². The van der Waals surface area contributed by atoms with Gasteiger partial charge in [-0.2, -0.15) is 0 Å². The molecule has 5 heteroatoms.